The zero-order valence-corrected chi connectivity index (χ0v) is 15.0. The number of nitrogens with zero attached hydrogens (tertiary/aromatic N) is 4. The van der Waals surface area contributed by atoms with Gasteiger partial charge in [0.25, 0.3) is 0 Å². The largest absolute Gasteiger partial charge is 0.381 e. The Labute approximate surface area is 146 Å². The van der Waals surface area contributed by atoms with Gasteiger partial charge in [-0.3, -0.25) is 9.58 Å². The molecule has 2 fully saturated rings. The molecule has 2 aromatic heterocycles. The van der Waals surface area contributed by atoms with Crippen LogP contribution in [0.15, 0.2) is 10.6 Å². The van der Waals surface area contributed by atoms with Crippen molar-refractivity contribution in [1.82, 2.24) is 19.8 Å². The third-order valence-electron chi connectivity index (χ3n) is 5.25. The third-order valence-corrected chi connectivity index (χ3v) is 5.72. The summed E-state index contributed by atoms with van der Waals surface area (Å²) in [6, 6.07) is 1.91. The first-order valence-electron chi connectivity index (χ1n) is 8.51. The number of piperidine rings is 1. The number of hydrogen-bond donors (Lipinski definition) is 0. The lowest BCUT2D eigenvalue weighted by Gasteiger charge is -2.39. The van der Waals surface area contributed by atoms with Gasteiger partial charge in [0.2, 0.25) is 0 Å². The number of aromatic nitrogens is 3. The first-order valence-corrected chi connectivity index (χ1v) is 8.89. The van der Waals surface area contributed by atoms with E-state index in [9.17, 15) is 0 Å². The number of aryl methyl sites for hydroxylation is 2. The summed E-state index contributed by atoms with van der Waals surface area (Å²) in [7, 11) is 1.87. The van der Waals surface area contributed by atoms with Gasteiger partial charge in [0.1, 0.15) is 22.3 Å². The van der Waals surface area contributed by atoms with Crippen molar-refractivity contribution < 1.29 is 9.26 Å². The Hall–Kier alpha value is -1.37. The van der Waals surface area contributed by atoms with Crippen LogP contribution in [-0.4, -0.2) is 46.1 Å². The minimum Gasteiger partial charge on any atom is -0.381 e. The first kappa shape index (κ1) is 16.1. The molecule has 1 atom stereocenters. The van der Waals surface area contributed by atoms with Crippen LogP contribution in [0.5, 0.6) is 0 Å². The number of halogens is 1. The number of hydrogen-bond acceptors (Lipinski definition) is 5. The summed E-state index contributed by atoms with van der Waals surface area (Å²) in [5.41, 5.74) is 2.93. The van der Waals surface area contributed by atoms with Gasteiger partial charge >= 0.3 is 0 Å². The van der Waals surface area contributed by atoms with E-state index in [-0.39, 0.29) is 0 Å². The van der Waals surface area contributed by atoms with Crippen molar-refractivity contribution in [2.24, 2.45) is 12.5 Å². The van der Waals surface area contributed by atoms with Crippen LogP contribution in [0.2, 0.25) is 5.15 Å². The molecule has 6 nitrogen and oxygen atoms in total. The van der Waals surface area contributed by atoms with Gasteiger partial charge in [-0.15, -0.1) is 0 Å². The molecule has 2 saturated heterocycles. The van der Waals surface area contributed by atoms with E-state index in [1.54, 1.807) is 4.68 Å². The lowest BCUT2D eigenvalue weighted by molar-refractivity contribution is 0.0646. The van der Waals surface area contributed by atoms with Gasteiger partial charge in [-0.2, -0.15) is 5.10 Å². The number of rotatable bonds is 3. The van der Waals surface area contributed by atoms with E-state index >= 15 is 0 Å². The predicted molar refractivity (Wildman–Crippen MR) is 90.8 cm³/mol. The Bertz CT molecular complexity index is 733. The molecule has 0 amide bonds. The topological polar surface area (TPSA) is 56.3 Å². The van der Waals surface area contributed by atoms with Gasteiger partial charge in [0.05, 0.1) is 6.61 Å². The fourth-order valence-electron chi connectivity index (χ4n) is 4.01. The molecule has 0 N–H and O–H groups in total. The van der Waals surface area contributed by atoms with Crippen molar-refractivity contribution in [1.29, 1.82) is 0 Å². The SMILES string of the molecule is Cc1cc(-c2nn(C)c(Cl)c2CN2CCC[C@@]3(CCOC3)C2)no1. The van der Waals surface area contributed by atoms with E-state index in [1.807, 2.05) is 20.0 Å². The summed E-state index contributed by atoms with van der Waals surface area (Å²) in [5.74, 6) is 0.776. The van der Waals surface area contributed by atoms with Crippen molar-refractivity contribution in [3.8, 4) is 11.4 Å². The molecule has 4 heterocycles. The van der Waals surface area contributed by atoms with Crippen molar-refractivity contribution in [3.05, 3.63) is 22.5 Å². The van der Waals surface area contributed by atoms with E-state index in [0.717, 1.165) is 55.6 Å². The smallest absolute Gasteiger partial charge is 0.134 e. The molecule has 0 radical (unpaired) electrons. The second-order valence-corrected chi connectivity index (χ2v) is 7.54. The quantitative estimate of drug-likeness (QED) is 0.851. The van der Waals surface area contributed by atoms with E-state index in [1.165, 1.54) is 19.3 Å². The van der Waals surface area contributed by atoms with Gasteiger partial charge in [-0.25, -0.2) is 0 Å². The highest BCUT2D eigenvalue weighted by Gasteiger charge is 2.39. The number of ether oxygens (including phenoxy) is 1. The molecule has 0 unspecified atom stereocenters. The van der Waals surface area contributed by atoms with E-state index < -0.39 is 0 Å². The van der Waals surface area contributed by atoms with Gasteiger partial charge < -0.3 is 9.26 Å². The van der Waals surface area contributed by atoms with Crippen molar-refractivity contribution >= 4 is 11.6 Å². The fraction of sp³-hybridized carbons (Fsp3) is 0.647. The maximum Gasteiger partial charge on any atom is 0.134 e. The van der Waals surface area contributed by atoms with Crippen LogP contribution in [0.1, 0.15) is 30.6 Å². The van der Waals surface area contributed by atoms with E-state index in [2.05, 4.69) is 15.2 Å². The molecule has 1 spiro atoms. The molecule has 0 saturated carbocycles. The van der Waals surface area contributed by atoms with Gasteiger partial charge in [-0.05, 0) is 32.7 Å². The zero-order valence-electron chi connectivity index (χ0n) is 14.2. The molecule has 0 aliphatic carbocycles. The minimum atomic E-state index is 0.331. The highest BCUT2D eigenvalue weighted by atomic mass is 35.5. The van der Waals surface area contributed by atoms with Crippen LogP contribution in [0.4, 0.5) is 0 Å². The summed E-state index contributed by atoms with van der Waals surface area (Å²) >= 11 is 6.53. The third kappa shape index (κ3) is 2.87. The van der Waals surface area contributed by atoms with Crippen LogP contribution < -0.4 is 0 Å². The highest BCUT2D eigenvalue weighted by Crippen LogP contribution is 2.39. The minimum absolute atomic E-state index is 0.331. The molecule has 7 heteroatoms. The average molecular weight is 351 g/mol. The molecular formula is C17H23ClN4O2. The van der Waals surface area contributed by atoms with Crippen LogP contribution in [0.25, 0.3) is 11.4 Å². The van der Waals surface area contributed by atoms with E-state index in [0.29, 0.717) is 10.6 Å². The number of likely N-dealkylation sites (tertiary alicyclic amines) is 1. The van der Waals surface area contributed by atoms with Gasteiger partial charge in [0, 0.05) is 43.8 Å². The Kier molecular flexibility index (Phi) is 4.14. The first-order chi connectivity index (χ1) is 11.6. The monoisotopic (exact) mass is 350 g/mol. The molecule has 2 aliphatic rings. The zero-order chi connectivity index (χ0) is 16.7. The summed E-state index contributed by atoms with van der Waals surface area (Å²) in [4.78, 5) is 2.48. The summed E-state index contributed by atoms with van der Waals surface area (Å²) in [5, 5.41) is 9.35. The Balaban J connectivity index is 1.60. The lowest BCUT2D eigenvalue weighted by Crippen LogP contribution is -2.43. The summed E-state index contributed by atoms with van der Waals surface area (Å²) in [6.45, 7) is 6.61. The maximum absolute atomic E-state index is 6.53. The maximum atomic E-state index is 6.53. The normalized spacial score (nSPS) is 25.0. The van der Waals surface area contributed by atoms with Crippen molar-refractivity contribution in [3.63, 3.8) is 0 Å². The molecule has 24 heavy (non-hydrogen) atoms. The molecule has 4 rings (SSSR count). The molecule has 130 valence electrons. The van der Waals surface area contributed by atoms with Crippen LogP contribution in [0.3, 0.4) is 0 Å². The lowest BCUT2D eigenvalue weighted by atomic mass is 9.79. The molecule has 0 aromatic carbocycles. The fourth-order valence-corrected chi connectivity index (χ4v) is 4.20. The second-order valence-electron chi connectivity index (χ2n) is 7.18. The predicted octanol–water partition coefficient (Wildman–Crippen LogP) is 3.04. The molecule has 2 aliphatic heterocycles. The second kappa shape index (κ2) is 6.17. The summed E-state index contributed by atoms with van der Waals surface area (Å²) < 4.78 is 12.6. The Morgan fingerprint density at radius 3 is 2.96 bits per heavy atom. The van der Waals surface area contributed by atoms with Crippen LogP contribution in [-0.2, 0) is 18.3 Å². The van der Waals surface area contributed by atoms with Crippen LogP contribution >= 0.6 is 11.6 Å². The molecular weight excluding hydrogens is 328 g/mol. The standard InChI is InChI=1S/C17H23ClN4O2/c1-12-8-14(20-24-12)15-13(16(18)21(2)19-15)9-22-6-3-4-17(10-22)5-7-23-11-17/h8H,3-7,9-11H2,1-2H3/t17-/m1/s1. The Morgan fingerprint density at radius 1 is 1.38 bits per heavy atom. The van der Waals surface area contributed by atoms with Crippen LogP contribution in [0, 0.1) is 12.3 Å². The average Bonchev–Trinajstić information content (AvgIpc) is 3.25. The van der Waals surface area contributed by atoms with Gasteiger partial charge in [-0.1, -0.05) is 16.8 Å². The van der Waals surface area contributed by atoms with Gasteiger partial charge in [0.15, 0.2) is 0 Å². The highest BCUT2D eigenvalue weighted by molar-refractivity contribution is 6.30. The van der Waals surface area contributed by atoms with Crippen molar-refractivity contribution in [2.45, 2.75) is 32.7 Å². The molecule has 2 aromatic rings. The Morgan fingerprint density at radius 2 is 2.25 bits per heavy atom. The van der Waals surface area contributed by atoms with E-state index in [4.69, 9.17) is 20.9 Å². The molecule has 0 bridgehead atoms. The summed E-state index contributed by atoms with van der Waals surface area (Å²) in [6.07, 6.45) is 3.64. The van der Waals surface area contributed by atoms with Crippen molar-refractivity contribution in [2.75, 3.05) is 26.3 Å².